The Kier molecular flexibility index (Phi) is 12.9. The summed E-state index contributed by atoms with van der Waals surface area (Å²) in [5, 5.41) is 34.9. The van der Waals surface area contributed by atoms with E-state index in [1.165, 1.54) is 12.1 Å². The number of esters is 4. The van der Waals surface area contributed by atoms with E-state index in [1.54, 1.807) is 0 Å². The van der Waals surface area contributed by atoms with E-state index in [-0.39, 0.29) is 11.4 Å². The van der Waals surface area contributed by atoms with Gasteiger partial charge in [-0.05, 0) is 12.1 Å². The Morgan fingerprint density at radius 2 is 1.36 bits per heavy atom. The molecular weight excluding hydrogens is 636 g/mol. The van der Waals surface area contributed by atoms with E-state index in [0.29, 0.717) is 0 Å². The van der Waals surface area contributed by atoms with Crippen molar-refractivity contribution in [3.8, 4) is 5.75 Å². The van der Waals surface area contributed by atoms with Crippen LogP contribution in [0, 0.1) is 10.1 Å². The average molecular weight is 673 g/mol. The molecule has 260 valence electrons. The Morgan fingerprint density at radius 3 is 1.87 bits per heavy atom. The number of nitro groups is 1. The number of carbonyl (C=O) groups is 5. The number of nitrogens with zero attached hydrogens (tertiary/aromatic N) is 1. The fraction of sp³-hybridized carbons (Fsp3) is 0.607. The van der Waals surface area contributed by atoms with Gasteiger partial charge in [0.2, 0.25) is 12.2 Å². The standard InChI is InChI=1S/C28H36N2O17/c1-12(32)29-21-24(22(37)19(10-31)45-27(21)44-18-8-6-17(7-9-18)30(38)39)47-28-26(43-16(5)36)25(42-15(4)35)23(41-14(3)34)20(46-28)11-40-13(2)33/h6-9,19-28,31,37H,10-11H2,1-5H3,(H,29,32). The number of amides is 1. The van der Waals surface area contributed by atoms with Crippen LogP contribution in [-0.2, 0) is 57.1 Å². The van der Waals surface area contributed by atoms with E-state index in [2.05, 4.69) is 5.32 Å². The topological polar surface area (TPSA) is 255 Å². The number of nitrogens with one attached hydrogen (secondary N) is 1. The number of non-ortho nitro benzene ring substituents is 1. The second-order valence-electron chi connectivity index (χ2n) is 10.5. The smallest absolute Gasteiger partial charge is 0.303 e. The number of ether oxygens (including phenoxy) is 8. The van der Waals surface area contributed by atoms with Crippen LogP contribution >= 0.6 is 0 Å². The molecular formula is C28H36N2O17. The van der Waals surface area contributed by atoms with E-state index in [4.69, 9.17) is 37.9 Å². The number of benzene rings is 1. The van der Waals surface area contributed by atoms with Gasteiger partial charge >= 0.3 is 23.9 Å². The lowest BCUT2D eigenvalue weighted by molar-refractivity contribution is -0.384. The van der Waals surface area contributed by atoms with Crippen LogP contribution in [0.5, 0.6) is 5.75 Å². The highest BCUT2D eigenvalue weighted by atomic mass is 16.8. The molecule has 0 spiro atoms. The monoisotopic (exact) mass is 672 g/mol. The molecule has 2 saturated heterocycles. The molecule has 3 N–H and O–H groups in total. The minimum absolute atomic E-state index is 0.0371. The Morgan fingerprint density at radius 1 is 0.809 bits per heavy atom. The van der Waals surface area contributed by atoms with Crippen LogP contribution in [0.3, 0.4) is 0 Å². The number of hydrogen-bond acceptors (Lipinski definition) is 17. The van der Waals surface area contributed by atoms with Crippen molar-refractivity contribution in [3.05, 3.63) is 34.4 Å². The van der Waals surface area contributed by atoms with E-state index in [9.17, 15) is 44.3 Å². The molecule has 10 unspecified atom stereocenters. The second-order valence-corrected chi connectivity index (χ2v) is 10.5. The van der Waals surface area contributed by atoms with Gasteiger partial charge in [0.25, 0.3) is 5.69 Å². The third-order valence-corrected chi connectivity index (χ3v) is 6.76. The van der Waals surface area contributed by atoms with Gasteiger partial charge in [0.05, 0.1) is 11.5 Å². The first-order valence-electron chi connectivity index (χ1n) is 14.2. The molecule has 0 bridgehead atoms. The number of nitro benzene ring substituents is 1. The van der Waals surface area contributed by atoms with Crippen LogP contribution in [0.15, 0.2) is 24.3 Å². The van der Waals surface area contributed by atoms with Crippen molar-refractivity contribution in [1.82, 2.24) is 5.32 Å². The Balaban J connectivity index is 2.06. The third kappa shape index (κ3) is 10.0. The number of aliphatic hydroxyl groups is 2. The molecule has 2 fully saturated rings. The Hall–Kier alpha value is -4.43. The lowest BCUT2D eigenvalue weighted by atomic mass is 9.95. The Bertz CT molecular complexity index is 1310. The molecule has 0 aromatic heterocycles. The summed E-state index contributed by atoms with van der Waals surface area (Å²) in [5.74, 6) is -4.03. The van der Waals surface area contributed by atoms with Crippen molar-refractivity contribution in [2.45, 2.75) is 96.0 Å². The molecule has 0 saturated carbocycles. The minimum atomic E-state index is -1.77. The average Bonchev–Trinajstić information content (AvgIpc) is 2.97. The highest BCUT2D eigenvalue weighted by molar-refractivity contribution is 5.73. The molecule has 10 atom stereocenters. The van der Waals surface area contributed by atoms with Crippen LogP contribution < -0.4 is 10.1 Å². The van der Waals surface area contributed by atoms with Crippen molar-refractivity contribution in [1.29, 1.82) is 0 Å². The molecule has 2 heterocycles. The number of aliphatic hydroxyl groups excluding tert-OH is 2. The van der Waals surface area contributed by atoms with Gasteiger partial charge in [0.1, 0.15) is 42.8 Å². The summed E-state index contributed by atoms with van der Waals surface area (Å²) in [7, 11) is 0. The first kappa shape index (κ1) is 37.0. The molecule has 1 aromatic carbocycles. The van der Waals surface area contributed by atoms with E-state index >= 15 is 0 Å². The lowest BCUT2D eigenvalue weighted by Gasteiger charge is -2.48. The first-order chi connectivity index (χ1) is 22.1. The summed E-state index contributed by atoms with van der Waals surface area (Å²) in [6, 6.07) is 3.40. The van der Waals surface area contributed by atoms with Gasteiger partial charge in [-0.2, -0.15) is 0 Å². The molecule has 2 aliphatic heterocycles. The van der Waals surface area contributed by atoms with E-state index in [0.717, 1.165) is 46.8 Å². The maximum atomic E-state index is 12.3. The van der Waals surface area contributed by atoms with Crippen LogP contribution in [0.1, 0.15) is 34.6 Å². The fourth-order valence-electron chi connectivity index (χ4n) is 4.95. The van der Waals surface area contributed by atoms with Gasteiger partial charge in [-0.3, -0.25) is 34.1 Å². The van der Waals surface area contributed by atoms with Crippen molar-refractivity contribution < 1.29 is 77.0 Å². The molecule has 0 aliphatic carbocycles. The fourth-order valence-corrected chi connectivity index (χ4v) is 4.95. The van der Waals surface area contributed by atoms with Crippen LogP contribution in [0.25, 0.3) is 0 Å². The number of carbonyl (C=O) groups excluding carboxylic acids is 5. The van der Waals surface area contributed by atoms with Crippen molar-refractivity contribution >= 4 is 35.5 Å². The second kappa shape index (κ2) is 16.4. The highest BCUT2D eigenvalue weighted by Gasteiger charge is 2.56. The van der Waals surface area contributed by atoms with Gasteiger partial charge < -0.3 is 53.4 Å². The van der Waals surface area contributed by atoms with E-state index < -0.39 is 109 Å². The predicted molar refractivity (Wildman–Crippen MR) is 150 cm³/mol. The van der Waals surface area contributed by atoms with Gasteiger partial charge in [-0.25, -0.2) is 0 Å². The van der Waals surface area contributed by atoms with Gasteiger partial charge in [0.15, 0.2) is 24.6 Å². The maximum absolute atomic E-state index is 12.3. The normalized spacial score (nSPS) is 30.3. The summed E-state index contributed by atoms with van der Waals surface area (Å²) in [6.45, 7) is 3.99. The summed E-state index contributed by atoms with van der Waals surface area (Å²) >= 11 is 0. The van der Waals surface area contributed by atoms with Crippen LogP contribution in [0.2, 0.25) is 0 Å². The summed E-state index contributed by atoms with van der Waals surface area (Å²) in [4.78, 5) is 70.8. The Labute approximate surface area is 267 Å². The molecule has 1 amide bonds. The van der Waals surface area contributed by atoms with Crippen molar-refractivity contribution in [3.63, 3.8) is 0 Å². The van der Waals surface area contributed by atoms with E-state index in [1.807, 2.05) is 0 Å². The summed E-state index contributed by atoms with van der Waals surface area (Å²) < 4.78 is 44.8. The van der Waals surface area contributed by atoms with Gasteiger partial charge in [0, 0.05) is 46.8 Å². The SMILES string of the molecule is CC(=O)NC1C(Oc2ccc([N+](=O)[O-])cc2)OC(CO)C(O)C1OC1OC(COC(C)=O)C(OC(C)=O)C(OC(C)=O)C1OC(C)=O. The minimum Gasteiger partial charge on any atom is -0.463 e. The molecule has 2 aliphatic rings. The summed E-state index contributed by atoms with van der Waals surface area (Å²) in [5.41, 5.74) is -0.242. The van der Waals surface area contributed by atoms with Crippen LogP contribution in [0.4, 0.5) is 5.69 Å². The molecule has 47 heavy (non-hydrogen) atoms. The zero-order valence-corrected chi connectivity index (χ0v) is 26.0. The zero-order chi connectivity index (χ0) is 35.0. The third-order valence-electron chi connectivity index (χ3n) is 6.76. The number of hydrogen-bond donors (Lipinski definition) is 3. The number of rotatable bonds is 12. The zero-order valence-electron chi connectivity index (χ0n) is 26.0. The maximum Gasteiger partial charge on any atom is 0.303 e. The molecule has 19 heteroatoms. The lowest BCUT2D eigenvalue weighted by Crippen LogP contribution is -2.69. The highest BCUT2D eigenvalue weighted by Crippen LogP contribution is 2.34. The van der Waals surface area contributed by atoms with Crippen LogP contribution in [-0.4, -0.2) is 119 Å². The molecule has 0 radical (unpaired) electrons. The quantitative estimate of drug-likeness (QED) is 0.104. The van der Waals surface area contributed by atoms with Gasteiger partial charge in [-0.15, -0.1) is 0 Å². The molecule has 19 nitrogen and oxygen atoms in total. The van der Waals surface area contributed by atoms with Crippen molar-refractivity contribution in [2.75, 3.05) is 13.2 Å². The molecule has 3 rings (SSSR count). The largest absolute Gasteiger partial charge is 0.463 e. The van der Waals surface area contributed by atoms with Gasteiger partial charge in [-0.1, -0.05) is 0 Å². The summed E-state index contributed by atoms with van der Waals surface area (Å²) in [6.07, 6.45) is -14.1. The molecule has 1 aromatic rings. The predicted octanol–water partition coefficient (Wildman–Crippen LogP) is -0.975. The van der Waals surface area contributed by atoms with Crippen molar-refractivity contribution in [2.24, 2.45) is 0 Å². The first-order valence-corrected chi connectivity index (χ1v) is 14.2.